The summed E-state index contributed by atoms with van der Waals surface area (Å²) in [4.78, 5) is 16.9. The van der Waals surface area contributed by atoms with Crippen LogP contribution in [0.15, 0.2) is 24.5 Å². The van der Waals surface area contributed by atoms with Crippen LogP contribution in [0, 0.1) is 18.8 Å². The summed E-state index contributed by atoms with van der Waals surface area (Å²) in [5.41, 5.74) is 1.70. The van der Waals surface area contributed by atoms with Crippen molar-refractivity contribution in [3.8, 4) is 0 Å². The van der Waals surface area contributed by atoms with Crippen LogP contribution >= 0.6 is 0 Å². The number of rotatable bonds is 10. The van der Waals surface area contributed by atoms with Gasteiger partial charge < -0.3 is 20.1 Å². The average molecular weight is 506 g/mol. The molecule has 1 saturated heterocycles. The number of nitrogens with one attached hydrogen (secondary N) is 2. The molecule has 1 aliphatic heterocycles. The van der Waals surface area contributed by atoms with E-state index in [4.69, 9.17) is 9.47 Å². The number of piperidine rings is 1. The summed E-state index contributed by atoms with van der Waals surface area (Å²) in [7, 11) is 0.203. The molecule has 0 aliphatic carbocycles. The number of anilines is 2. The van der Waals surface area contributed by atoms with Gasteiger partial charge in [0.1, 0.15) is 12.9 Å². The van der Waals surface area contributed by atoms with Crippen molar-refractivity contribution in [2.75, 3.05) is 19.0 Å². The number of ether oxygens (including phenoxy) is 2. The highest BCUT2D eigenvalue weighted by molar-refractivity contribution is 6.76. The van der Waals surface area contributed by atoms with Crippen molar-refractivity contribution in [3.05, 3.63) is 35.8 Å². The maximum atomic E-state index is 16.1. The maximum absolute atomic E-state index is 16.1. The molecule has 10 heteroatoms. The molecule has 35 heavy (non-hydrogen) atoms. The van der Waals surface area contributed by atoms with Gasteiger partial charge in [-0.15, -0.1) is 0 Å². The van der Waals surface area contributed by atoms with Gasteiger partial charge in [0.05, 0.1) is 24.4 Å². The van der Waals surface area contributed by atoms with Gasteiger partial charge in [0.2, 0.25) is 0 Å². The molecule has 194 valence electrons. The first kappa shape index (κ1) is 27.3. The van der Waals surface area contributed by atoms with Crippen LogP contribution in [-0.2, 0) is 21.0 Å². The predicted molar refractivity (Wildman–Crippen MR) is 138 cm³/mol. The van der Waals surface area contributed by atoms with Crippen molar-refractivity contribution < 1.29 is 18.7 Å². The first-order valence-electron chi connectivity index (χ1n) is 12.3. The Kier molecular flexibility index (Phi) is 9.06. The van der Waals surface area contributed by atoms with E-state index in [0.29, 0.717) is 31.3 Å². The summed E-state index contributed by atoms with van der Waals surface area (Å²) in [6.45, 7) is 13.9. The molecule has 5 atom stereocenters. The molecule has 2 aromatic rings. The molecule has 0 amide bonds. The van der Waals surface area contributed by atoms with Gasteiger partial charge in [0, 0.05) is 50.6 Å². The van der Waals surface area contributed by atoms with Crippen LogP contribution in [0.3, 0.4) is 0 Å². The van der Waals surface area contributed by atoms with Crippen LogP contribution in [0.4, 0.5) is 15.9 Å². The molecular formula is C25H40FN5O3Si. The number of methoxy groups -OCH3 is 1. The van der Waals surface area contributed by atoms with E-state index in [1.54, 1.807) is 23.0 Å². The lowest BCUT2D eigenvalue weighted by Crippen LogP contribution is -2.52. The van der Waals surface area contributed by atoms with Crippen LogP contribution in [0.25, 0.3) is 0 Å². The maximum Gasteiger partial charge on any atom is 0.309 e. The fourth-order valence-electron chi connectivity index (χ4n) is 4.68. The topological polar surface area (TPSA) is 90.3 Å². The van der Waals surface area contributed by atoms with Crippen molar-refractivity contribution in [1.29, 1.82) is 0 Å². The summed E-state index contributed by atoms with van der Waals surface area (Å²) in [6.07, 6.45) is 2.52. The lowest BCUT2D eigenvalue weighted by Gasteiger charge is -2.40. The second-order valence-corrected chi connectivity index (χ2v) is 16.4. The summed E-state index contributed by atoms with van der Waals surface area (Å²) in [5, 5.41) is 11.2. The number of pyridine rings is 1. The first-order valence-corrected chi connectivity index (χ1v) is 16.0. The Morgan fingerprint density at radius 1 is 1.37 bits per heavy atom. The summed E-state index contributed by atoms with van der Waals surface area (Å²) < 4.78 is 28.7. The lowest BCUT2D eigenvalue weighted by molar-refractivity contribution is -0.151. The zero-order chi connectivity index (χ0) is 25.8. The molecule has 0 radical (unpaired) electrons. The molecule has 1 aliphatic rings. The van der Waals surface area contributed by atoms with Gasteiger partial charge in [-0.2, -0.15) is 5.10 Å². The van der Waals surface area contributed by atoms with Crippen molar-refractivity contribution in [3.63, 3.8) is 0 Å². The van der Waals surface area contributed by atoms with Crippen LogP contribution in [0.2, 0.25) is 25.7 Å². The predicted octanol–water partition coefficient (Wildman–Crippen LogP) is 4.83. The molecule has 3 heterocycles. The molecule has 2 N–H and O–H groups in total. The molecule has 2 aromatic heterocycles. The van der Waals surface area contributed by atoms with Gasteiger partial charge in [-0.25, -0.2) is 9.07 Å². The smallest absolute Gasteiger partial charge is 0.309 e. The van der Waals surface area contributed by atoms with E-state index in [-0.39, 0.29) is 23.7 Å². The quantitative estimate of drug-likeness (QED) is 0.272. The van der Waals surface area contributed by atoms with Crippen LogP contribution in [0.1, 0.15) is 37.7 Å². The molecule has 8 nitrogen and oxygen atoms in total. The molecule has 0 spiro atoms. The second kappa shape index (κ2) is 11.6. The van der Waals surface area contributed by atoms with Crippen molar-refractivity contribution in [2.24, 2.45) is 11.8 Å². The Labute approximate surface area is 209 Å². The average Bonchev–Trinajstić information content (AvgIpc) is 3.14. The third-order valence-electron chi connectivity index (χ3n) is 6.56. The highest BCUT2D eigenvalue weighted by atomic mass is 28.3. The van der Waals surface area contributed by atoms with Crippen LogP contribution in [0.5, 0.6) is 0 Å². The Bertz CT molecular complexity index is 996. The fraction of sp³-hybridized carbons (Fsp3) is 0.640. The Hall–Kier alpha value is -2.30. The van der Waals surface area contributed by atoms with Gasteiger partial charge in [-0.1, -0.05) is 19.6 Å². The monoisotopic (exact) mass is 505 g/mol. The molecule has 0 bridgehead atoms. The van der Waals surface area contributed by atoms with E-state index in [1.165, 1.54) is 7.11 Å². The van der Waals surface area contributed by atoms with Gasteiger partial charge in [0.15, 0.2) is 5.82 Å². The number of aromatic nitrogens is 3. The SMILES string of the molecule is COC(=O)C1CC(C)NC(C)C1C(F)c1ncccc1Nc1nn(COCC[Si](C)(C)C)cc1C. The minimum atomic E-state index is -1.47. The van der Waals surface area contributed by atoms with E-state index in [2.05, 4.69) is 40.4 Å². The van der Waals surface area contributed by atoms with Crippen LogP contribution < -0.4 is 10.6 Å². The number of carbonyl (C=O) groups is 1. The minimum Gasteiger partial charge on any atom is -0.469 e. The number of hydrogen-bond donors (Lipinski definition) is 2. The van der Waals surface area contributed by atoms with Crippen LogP contribution in [-0.4, -0.2) is 54.6 Å². The van der Waals surface area contributed by atoms with E-state index in [0.717, 1.165) is 11.6 Å². The number of carbonyl (C=O) groups excluding carboxylic acids is 1. The number of esters is 1. The van der Waals surface area contributed by atoms with Gasteiger partial charge >= 0.3 is 5.97 Å². The second-order valence-electron chi connectivity index (χ2n) is 10.8. The Morgan fingerprint density at radius 2 is 2.11 bits per heavy atom. The van der Waals surface area contributed by atoms with Crippen molar-refractivity contribution >= 4 is 25.5 Å². The van der Waals surface area contributed by atoms with Crippen molar-refractivity contribution in [1.82, 2.24) is 20.1 Å². The summed E-state index contributed by atoms with van der Waals surface area (Å²) in [5.74, 6) is -0.918. The van der Waals surface area contributed by atoms with Gasteiger partial charge in [-0.05, 0) is 45.4 Å². The molecular weight excluding hydrogens is 465 g/mol. The molecule has 3 rings (SSSR count). The fourth-order valence-corrected chi connectivity index (χ4v) is 5.43. The van der Waals surface area contributed by atoms with E-state index < -0.39 is 26.1 Å². The first-order chi connectivity index (χ1) is 16.5. The lowest BCUT2D eigenvalue weighted by atomic mass is 9.75. The number of alkyl halides is 1. The Morgan fingerprint density at radius 3 is 2.80 bits per heavy atom. The molecule has 1 fully saturated rings. The van der Waals surface area contributed by atoms with Gasteiger partial charge in [0.25, 0.3) is 0 Å². The highest BCUT2D eigenvalue weighted by Gasteiger charge is 2.45. The van der Waals surface area contributed by atoms with E-state index >= 15 is 4.39 Å². The highest BCUT2D eigenvalue weighted by Crippen LogP contribution is 2.41. The number of nitrogens with zero attached hydrogens (tertiary/aromatic N) is 3. The molecule has 0 saturated carbocycles. The van der Waals surface area contributed by atoms with E-state index in [1.807, 2.05) is 27.0 Å². The number of halogens is 1. The largest absolute Gasteiger partial charge is 0.469 e. The molecule has 5 unspecified atom stereocenters. The third kappa shape index (κ3) is 7.11. The Balaban J connectivity index is 1.77. The summed E-state index contributed by atoms with van der Waals surface area (Å²) in [6, 6.07) is 4.51. The zero-order valence-electron chi connectivity index (χ0n) is 22.0. The third-order valence-corrected chi connectivity index (χ3v) is 8.26. The number of aryl methyl sites for hydroxylation is 1. The standard InChI is InChI=1S/C25H40FN5O3Si/c1-16-14-31(15-34-11-12-35(5,6)7)30-24(16)29-20-9-8-10-27-23(20)22(26)21-18(3)28-17(2)13-19(21)25(32)33-4/h8-10,14,17-19,21-22,28H,11-13,15H2,1-7H3,(H,29,30). The number of hydrogen-bond acceptors (Lipinski definition) is 7. The van der Waals surface area contributed by atoms with Gasteiger partial charge in [-0.3, -0.25) is 9.78 Å². The normalized spacial score (nSPS) is 23.7. The van der Waals surface area contributed by atoms with Crippen molar-refractivity contribution in [2.45, 2.75) is 77.9 Å². The molecule has 0 aromatic carbocycles. The minimum absolute atomic E-state index is 0.0958. The summed E-state index contributed by atoms with van der Waals surface area (Å²) >= 11 is 0. The zero-order valence-corrected chi connectivity index (χ0v) is 23.0. The van der Waals surface area contributed by atoms with E-state index in [9.17, 15) is 4.79 Å².